The van der Waals surface area contributed by atoms with E-state index in [-0.39, 0.29) is 17.7 Å². The summed E-state index contributed by atoms with van der Waals surface area (Å²) in [6.45, 7) is 4.71. The van der Waals surface area contributed by atoms with Crippen molar-refractivity contribution in [2.75, 3.05) is 33.9 Å². The van der Waals surface area contributed by atoms with Gasteiger partial charge in [-0.3, -0.25) is 9.48 Å². The molecule has 0 aliphatic carbocycles. The number of ether oxygens (including phenoxy) is 2. The van der Waals surface area contributed by atoms with Gasteiger partial charge in [-0.2, -0.15) is 5.10 Å². The minimum Gasteiger partial charge on any atom is -0.493 e. The molecule has 2 aromatic rings. The standard InChI is InChI=1S/C20H28N4O3/c1-5-24(12-14-6-7-18(26-3)19(8-14)27-4)20(25)17-11-21-10-16(17)15-9-22-23(2)13-15/h6-9,13,16-17,21H,5,10-12H2,1-4H3/t16-,17+/m1/s1. The first-order valence-electron chi connectivity index (χ1n) is 9.26. The Morgan fingerprint density at radius 3 is 2.70 bits per heavy atom. The molecule has 7 heteroatoms. The number of aromatic nitrogens is 2. The second-order valence-corrected chi connectivity index (χ2v) is 6.86. The molecule has 3 rings (SSSR count). The summed E-state index contributed by atoms with van der Waals surface area (Å²) in [6, 6.07) is 5.78. The summed E-state index contributed by atoms with van der Waals surface area (Å²) in [5.74, 6) is 1.62. The van der Waals surface area contributed by atoms with Crippen molar-refractivity contribution >= 4 is 5.91 Å². The second-order valence-electron chi connectivity index (χ2n) is 6.86. The zero-order valence-corrected chi connectivity index (χ0v) is 16.4. The van der Waals surface area contributed by atoms with Gasteiger partial charge in [0.1, 0.15) is 0 Å². The summed E-state index contributed by atoms with van der Waals surface area (Å²) in [6.07, 6.45) is 3.87. The van der Waals surface area contributed by atoms with E-state index >= 15 is 0 Å². The van der Waals surface area contributed by atoms with Crippen LogP contribution in [0, 0.1) is 5.92 Å². The Morgan fingerprint density at radius 2 is 2.07 bits per heavy atom. The molecule has 1 fully saturated rings. The third-order valence-corrected chi connectivity index (χ3v) is 5.20. The minimum atomic E-state index is -0.0747. The highest BCUT2D eigenvalue weighted by atomic mass is 16.5. The van der Waals surface area contributed by atoms with Gasteiger partial charge in [-0.1, -0.05) is 6.07 Å². The number of nitrogens with zero attached hydrogens (tertiary/aromatic N) is 3. The van der Waals surface area contributed by atoms with Gasteiger partial charge in [-0.15, -0.1) is 0 Å². The number of hydrogen-bond donors (Lipinski definition) is 1. The van der Waals surface area contributed by atoms with Crippen molar-refractivity contribution in [1.29, 1.82) is 0 Å². The number of aryl methyl sites for hydroxylation is 1. The predicted octanol–water partition coefficient (Wildman–Crippen LogP) is 1.79. The number of hydrogen-bond acceptors (Lipinski definition) is 5. The Kier molecular flexibility index (Phi) is 6.01. The van der Waals surface area contributed by atoms with E-state index in [1.165, 1.54) is 0 Å². The van der Waals surface area contributed by atoms with E-state index in [4.69, 9.17) is 9.47 Å². The van der Waals surface area contributed by atoms with Crippen molar-refractivity contribution in [3.05, 3.63) is 41.7 Å². The Bertz CT molecular complexity index is 789. The predicted molar refractivity (Wildman–Crippen MR) is 103 cm³/mol. The van der Waals surface area contributed by atoms with Crippen LogP contribution >= 0.6 is 0 Å². The van der Waals surface area contributed by atoms with Crippen molar-refractivity contribution in [2.24, 2.45) is 13.0 Å². The van der Waals surface area contributed by atoms with E-state index in [1.54, 1.807) is 18.9 Å². The molecular weight excluding hydrogens is 344 g/mol. The molecular formula is C20H28N4O3. The number of carbonyl (C=O) groups is 1. The van der Waals surface area contributed by atoms with Crippen molar-refractivity contribution in [1.82, 2.24) is 20.0 Å². The van der Waals surface area contributed by atoms with Crippen LogP contribution in [0.4, 0.5) is 0 Å². The lowest BCUT2D eigenvalue weighted by Gasteiger charge is -2.27. The van der Waals surface area contributed by atoms with Gasteiger partial charge in [-0.05, 0) is 30.2 Å². The molecule has 0 unspecified atom stereocenters. The van der Waals surface area contributed by atoms with Crippen LogP contribution in [0.25, 0.3) is 0 Å². The van der Waals surface area contributed by atoms with Crippen LogP contribution in [0.1, 0.15) is 24.0 Å². The molecule has 146 valence electrons. The first-order valence-corrected chi connectivity index (χ1v) is 9.26. The SMILES string of the molecule is CCN(Cc1ccc(OC)c(OC)c1)C(=O)[C@H]1CNC[C@@H]1c1cnn(C)c1. The fraction of sp³-hybridized carbons (Fsp3) is 0.500. The first kappa shape index (κ1) is 19.2. The van der Waals surface area contributed by atoms with Gasteiger partial charge < -0.3 is 19.7 Å². The van der Waals surface area contributed by atoms with Crippen molar-refractivity contribution in [3.63, 3.8) is 0 Å². The molecule has 1 aliphatic rings. The zero-order chi connectivity index (χ0) is 19.4. The third-order valence-electron chi connectivity index (χ3n) is 5.20. The maximum absolute atomic E-state index is 13.3. The lowest BCUT2D eigenvalue weighted by molar-refractivity contribution is -0.135. The molecule has 0 spiro atoms. The molecule has 1 amide bonds. The highest BCUT2D eigenvalue weighted by Crippen LogP contribution is 2.31. The van der Waals surface area contributed by atoms with Crippen LogP contribution in [0.2, 0.25) is 0 Å². The Labute approximate surface area is 160 Å². The molecule has 2 heterocycles. The average Bonchev–Trinajstić information content (AvgIpc) is 3.34. The summed E-state index contributed by atoms with van der Waals surface area (Å²) in [4.78, 5) is 15.2. The highest BCUT2D eigenvalue weighted by Gasteiger charge is 2.36. The second kappa shape index (κ2) is 8.43. The normalized spacial score (nSPS) is 19.1. The summed E-state index contributed by atoms with van der Waals surface area (Å²) >= 11 is 0. The minimum absolute atomic E-state index is 0.0747. The topological polar surface area (TPSA) is 68.6 Å². The summed E-state index contributed by atoms with van der Waals surface area (Å²) in [5.41, 5.74) is 2.13. The lowest BCUT2D eigenvalue weighted by atomic mass is 9.89. The third kappa shape index (κ3) is 4.08. The summed E-state index contributed by atoms with van der Waals surface area (Å²) in [5, 5.41) is 7.63. The lowest BCUT2D eigenvalue weighted by Crippen LogP contribution is -2.38. The Hall–Kier alpha value is -2.54. The Morgan fingerprint density at radius 1 is 1.30 bits per heavy atom. The molecule has 1 aliphatic heterocycles. The quantitative estimate of drug-likeness (QED) is 0.803. The van der Waals surface area contributed by atoms with Crippen LogP contribution < -0.4 is 14.8 Å². The van der Waals surface area contributed by atoms with Crippen LogP contribution in [-0.2, 0) is 18.4 Å². The fourth-order valence-electron chi connectivity index (χ4n) is 3.70. The summed E-state index contributed by atoms with van der Waals surface area (Å²) in [7, 11) is 5.14. The molecule has 0 bridgehead atoms. The molecule has 0 radical (unpaired) electrons. The Balaban J connectivity index is 1.75. The fourth-order valence-corrected chi connectivity index (χ4v) is 3.70. The zero-order valence-electron chi connectivity index (χ0n) is 16.4. The monoisotopic (exact) mass is 372 g/mol. The van der Waals surface area contributed by atoms with Gasteiger partial charge in [0.15, 0.2) is 11.5 Å². The maximum atomic E-state index is 13.3. The first-order chi connectivity index (χ1) is 13.1. The van der Waals surface area contributed by atoms with Gasteiger partial charge in [0.25, 0.3) is 0 Å². The van der Waals surface area contributed by atoms with Crippen LogP contribution in [0.5, 0.6) is 11.5 Å². The number of nitrogens with one attached hydrogen (secondary N) is 1. The molecule has 27 heavy (non-hydrogen) atoms. The largest absolute Gasteiger partial charge is 0.493 e. The maximum Gasteiger partial charge on any atom is 0.227 e. The van der Waals surface area contributed by atoms with E-state index in [2.05, 4.69) is 10.4 Å². The molecule has 1 aromatic heterocycles. The van der Waals surface area contributed by atoms with E-state index in [1.807, 2.05) is 49.5 Å². The van der Waals surface area contributed by atoms with Crippen molar-refractivity contribution in [3.8, 4) is 11.5 Å². The van der Waals surface area contributed by atoms with E-state index in [9.17, 15) is 4.79 Å². The van der Waals surface area contributed by atoms with Crippen LogP contribution in [0.15, 0.2) is 30.6 Å². The molecule has 2 atom stereocenters. The van der Waals surface area contributed by atoms with E-state index in [0.29, 0.717) is 31.1 Å². The number of methoxy groups -OCH3 is 2. The molecule has 1 N–H and O–H groups in total. The van der Waals surface area contributed by atoms with Crippen molar-refractivity contribution < 1.29 is 14.3 Å². The van der Waals surface area contributed by atoms with Crippen LogP contribution in [0.3, 0.4) is 0 Å². The van der Waals surface area contributed by atoms with Gasteiger partial charge >= 0.3 is 0 Å². The number of amides is 1. The van der Waals surface area contributed by atoms with Gasteiger partial charge in [0.2, 0.25) is 5.91 Å². The molecule has 7 nitrogen and oxygen atoms in total. The molecule has 1 saturated heterocycles. The number of rotatable bonds is 7. The molecule has 0 saturated carbocycles. The smallest absolute Gasteiger partial charge is 0.227 e. The van der Waals surface area contributed by atoms with E-state index < -0.39 is 0 Å². The van der Waals surface area contributed by atoms with Gasteiger partial charge in [0.05, 0.1) is 26.3 Å². The van der Waals surface area contributed by atoms with E-state index in [0.717, 1.165) is 17.7 Å². The van der Waals surface area contributed by atoms with Gasteiger partial charge in [-0.25, -0.2) is 0 Å². The van der Waals surface area contributed by atoms with Crippen molar-refractivity contribution in [2.45, 2.75) is 19.4 Å². The van der Waals surface area contributed by atoms with Gasteiger partial charge in [0, 0.05) is 45.3 Å². The highest BCUT2D eigenvalue weighted by molar-refractivity contribution is 5.80. The summed E-state index contributed by atoms with van der Waals surface area (Å²) < 4.78 is 12.5. The number of carbonyl (C=O) groups excluding carboxylic acids is 1. The van der Waals surface area contributed by atoms with Crippen LogP contribution in [-0.4, -0.2) is 54.4 Å². The molecule has 1 aromatic carbocycles. The number of benzene rings is 1. The average molecular weight is 372 g/mol.